The Hall–Kier alpha value is -3.28. The Labute approximate surface area is 156 Å². The van der Waals surface area contributed by atoms with E-state index in [4.69, 9.17) is 4.74 Å². The summed E-state index contributed by atoms with van der Waals surface area (Å²) in [5, 5.41) is 5.26. The molecular weight excluding hydrogens is 344 g/mol. The van der Waals surface area contributed by atoms with E-state index >= 15 is 0 Å². The molecule has 0 spiro atoms. The zero-order valence-corrected chi connectivity index (χ0v) is 15.3. The Morgan fingerprint density at radius 1 is 1.04 bits per heavy atom. The van der Waals surface area contributed by atoms with Gasteiger partial charge in [0.2, 0.25) is 0 Å². The van der Waals surface area contributed by atoms with Crippen LogP contribution in [0.1, 0.15) is 28.5 Å². The van der Waals surface area contributed by atoms with Crippen molar-refractivity contribution in [2.75, 3.05) is 6.61 Å². The Morgan fingerprint density at radius 2 is 1.70 bits per heavy atom. The summed E-state index contributed by atoms with van der Waals surface area (Å²) in [6, 6.07) is 14.2. The van der Waals surface area contributed by atoms with Crippen molar-refractivity contribution >= 4 is 22.5 Å². The molecule has 3 rings (SSSR count). The van der Waals surface area contributed by atoms with Gasteiger partial charge < -0.3 is 4.74 Å². The lowest BCUT2D eigenvalue weighted by Crippen LogP contribution is -2.23. The van der Waals surface area contributed by atoms with Gasteiger partial charge in [0.15, 0.2) is 12.4 Å². The van der Waals surface area contributed by atoms with Gasteiger partial charge >= 0.3 is 5.97 Å². The van der Waals surface area contributed by atoms with Crippen LogP contribution in [-0.2, 0) is 29.4 Å². The zero-order valence-electron chi connectivity index (χ0n) is 15.3. The van der Waals surface area contributed by atoms with Gasteiger partial charge in [-0.3, -0.25) is 14.4 Å². The minimum Gasteiger partial charge on any atom is -0.457 e. The number of benzene rings is 2. The third kappa shape index (κ3) is 4.11. The number of aromatic nitrogens is 2. The second-order valence-corrected chi connectivity index (χ2v) is 6.23. The predicted octanol–water partition coefficient (Wildman–Crippen LogP) is 2.46. The molecule has 6 heteroatoms. The number of carbonyl (C=O) groups excluding carboxylic acids is 2. The van der Waals surface area contributed by atoms with Crippen molar-refractivity contribution in [3.8, 4) is 0 Å². The molecule has 0 aliphatic heterocycles. The third-order valence-corrected chi connectivity index (χ3v) is 4.39. The fourth-order valence-electron chi connectivity index (χ4n) is 2.85. The highest BCUT2D eigenvalue weighted by molar-refractivity contribution is 5.98. The smallest absolute Gasteiger partial charge is 0.312 e. The summed E-state index contributed by atoms with van der Waals surface area (Å²) in [7, 11) is 1.53. The van der Waals surface area contributed by atoms with Gasteiger partial charge in [-0.15, -0.1) is 0 Å². The predicted molar refractivity (Wildman–Crippen MR) is 102 cm³/mol. The van der Waals surface area contributed by atoms with E-state index in [1.54, 1.807) is 36.4 Å². The van der Waals surface area contributed by atoms with Crippen LogP contribution in [-0.4, -0.2) is 28.1 Å². The molecule has 0 bridgehead atoms. The van der Waals surface area contributed by atoms with Crippen LogP contribution >= 0.6 is 0 Å². The molecule has 138 valence electrons. The van der Waals surface area contributed by atoms with Crippen LogP contribution in [0.15, 0.2) is 53.3 Å². The van der Waals surface area contributed by atoms with Crippen molar-refractivity contribution < 1.29 is 14.3 Å². The molecule has 0 amide bonds. The molecule has 0 saturated carbocycles. The number of rotatable bonds is 6. The number of aryl methyl sites for hydroxylation is 2. The molecule has 1 aromatic heterocycles. The maximum Gasteiger partial charge on any atom is 0.312 e. The molecule has 2 aromatic carbocycles. The maximum absolute atomic E-state index is 12.2. The van der Waals surface area contributed by atoms with Crippen molar-refractivity contribution in [2.24, 2.45) is 7.05 Å². The molecule has 0 unspecified atom stereocenters. The molecule has 0 saturated heterocycles. The lowest BCUT2D eigenvalue weighted by molar-refractivity contribution is -0.141. The minimum absolute atomic E-state index is 0.114. The van der Waals surface area contributed by atoms with E-state index in [9.17, 15) is 14.4 Å². The van der Waals surface area contributed by atoms with E-state index < -0.39 is 5.97 Å². The molecule has 6 nitrogen and oxygen atoms in total. The normalized spacial score (nSPS) is 10.7. The second kappa shape index (κ2) is 7.95. The van der Waals surface area contributed by atoms with Gasteiger partial charge in [-0.05, 0) is 18.1 Å². The van der Waals surface area contributed by atoms with Gasteiger partial charge in [0.05, 0.1) is 17.5 Å². The number of nitrogens with zero attached hydrogens (tertiary/aromatic N) is 2. The number of ether oxygens (including phenoxy) is 1. The Kier molecular flexibility index (Phi) is 5.45. The van der Waals surface area contributed by atoms with Crippen molar-refractivity contribution in [3.05, 3.63) is 75.7 Å². The number of fused-ring (bicyclic) bond motifs is 1. The van der Waals surface area contributed by atoms with E-state index in [0.29, 0.717) is 22.0 Å². The topological polar surface area (TPSA) is 78.3 Å². The third-order valence-electron chi connectivity index (χ3n) is 4.39. The Bertz CT molecular complexity index is 1050. The summed E-state index contributed by atoms with van der Waals surface area (Å²) in [5.74, 6) is -0.825. The number of hydrogen-bond acceptors (Lipinski definition) is 5. The van der Waals surface area contributed by atoms with E-state index in [1.165, 1.54) is 11.7 Å². The molecule has 0 atom stereocenters. The maximum atomic E-state index is 12.2. The number of carbonyl (C=O) groups is 2. The quantitative estimate of drug-likeness (QED) is 0.496. The highest BCUT2D eigenvalue weighted by Crippen LogP contribution is 2.14. The number of ketones is 1. The van der Waals surface area contributed by atoms with E-state index in [2.05, 4.69) is 5.10 Å². The van der Waals surface area contributed by atoms with E-state index in [-0.39, 0.29) is 24.4 Å². The van der Waals surface area contributed by atoms with E-state index in [0.717, 1.165) is 12.0 Å². The van der Waals surface area contributed by atoms with E-state index in [1.807, 2.05) is 19.1 Å². The minimum atomic E-state index is -0.565. The molecule has 0 aliphatic rings. The molecular formula is C21H20N2O4. The molecule has 0 aliphatic carbocycles. The summed E-state index contributed by atoms with van der Waals surface area (Å²) in [4.78, 5) is 36.5. The summed E-state index contributed by atoms with van der Waals surface area (Å²) in [6.07, 6.45) is 0.778. The largest absolute Gasteiger partial charge is 0.457 e. The Balaban J connectivity index is 1.69. The summed E-state index contributed by atoms with van der Waals surface area (Å²) in [6.45, 7) is 1.71. The van der Waals surface area contributed by atoms with Crippen molar-refractivity contribution in [2.45, 2.75) is 19.8 Å². The van der Waals surface area contributed by atoms with Gasteiger partial charge in [0.1, 0.15) is 0 Å². The van der Waals surface area contributed by atoms with Crippen molar-refractivity contribution in [3.63, 3.8) is 0 Å². The first-order chi connectivity index (χ1) is 13.0. The van der Waals surface area contributed by atoms with Crippen LogP contribution in [0.4, 0.5) is 0 Å². The molecule has 0 N–H and O–H groups in total. The molecule has 27 heavy (non-hydrogen) atoms. The molecule has 1 heterocycles. The highest BCUT2D eigenvalue weighted by Gasteiger charge is 2.15. The summed E-state index contributed by atoms with van der Waals surface area (Å²) in [5.41, 5.74) is 1.85. The lowest BCUT2D eigenvalue weighted by Gasteiger charge is -2.08. The van der Waals surface area contributed by atoms with Gasteiger partial charge in [0, 0.05) is 18.0 Å². The van der Waals surface area contributed by atoms with Crippen LogP contribution in [0.3, 0.4) is 0 Å². The first kappa shape index (κ1) is 18.5. The molecule has 0 fully saturated rings. The summed E-state index contributed by atoms with van der Waals surface area (Å²) >= 11 is 0. The number of esters is 1. The standard InChI is InChI=1S/C21H20N2O4/c1-3-14-8-10-15(11-9-14)19(24)13-27-20(25)12-18-16-6-4-5-7-17(16)21(26)23(2)22-18/h4-11H,3,12-13H2,1-2H3. The monoisotopic (exact) mass is 364 g/mol. The van der Waals surface area contributed by atoms with Gasteiger partial charge in [0.25, 0.3) is 5.56 Å². The first-order valence-corrected chi connectivity index (χ1v) is 8.72. The van der Waals surface area contributed by atoms with Crippen LogP contribution in [0.2, 0.25) is 0 Å². The second-order valence-electron chi connectivity index (χ2n) is 6.23. The SMILES string of the molecule is CCc1ccc(C(=O)COC(=O)Cc2nn(C)c(=O)c3ccccc23)cc1. The average molecular weight is 364 g/mol. The average Bonchev–Trinajstić information content (AvgIpc) is 2.70. The highest BCUT2D eigenvalue weighted by atomic mass is 16.5. The van der Waals surface area contributed by atoms with Crippen LogP contribution in [0, 0.1) is 0 Å². The number of Topliss-reactive ketones (excluding diaryl/α,β-unsaturated/α-hetero) is 1. The van der Waals surface area contributed by atoms with Crippen LogP contribution < -0.4 is 5.56 Å². The lowest BCUT2D eigenvalue weighted by atomic mass is 10.1. The first-order valence-electron chi connectivity index (χ1n) is 8.72. The zero-order chi connectivity index (χ0) is 19.4. The summed E-state index contributed by atoms with van der Waals surface area (Å²) < 4.78 is 6.32. The van der Waals surface area contributed by atoms with Crippen LogP contribution in [0.25, 0.3) is 10.8 Å². The molecule has 3 aromatic rings. The fourth-order valence-corrected chi connectivity index (χ4v) is 2.85. The van der Waals surface area contributed by atoms with Gasteiger partial charge in [-0.25, -0.2) is 4.68 Å². The van der Waals surface area contributed by atoms with Gasteiger partial charge in [-0.1, -0.05) is 49.4 Å². The molecule has 0 radical (unpaired) electrons. The number of hydrogen-bond donors (Lipinski definition) is 0. The van der Waals surface area contributed by atoms with Crippen LogP contribution in [0.5, 0.6) is 0 Å². The van der Waals surface area contributed by atoms with Gasteiger partial charge in [-0.2, -0.15) is 5.10 Å². The Morgan fingerprint density at radius 3 is 2.37 bits per heavy atom. The van der Waals surface area contributed by atoms with Crippen molar-refractivity contribution in [1.82, 2.24) is 9.78 Å². The fraction of sp³-hybridized carbons (Fsp3) is 0.238. The van der Waals surface area contributed by atoms with Crippen molar-refractivity contribution in [1.29, 1.82) is 0 Å².